The van der Waals surface area contributed by atoms with Crippen LogP contribution in [0.4, 0.5) is 0 Å². The summed E-state index contributed by atoms with van der Waals surface area (Å²) in [6.07, 6.45) is 1.90. The van der Waals surface area contributed by atoms with Gasteiger partial charge in [0, 0.05) is 35.9 Å². The molecule has 4 atom stereocenters. The fourth-order valence-corrected chi connectivity index (χ4v) is 7.50. The molecule has 1 amide bonds. The first kappa shape index (κ1) is 21.9. The average molecular weight is 468 g/mol. The van der Waals surface area contributed by atoms with Crippen molar-refractivity contribution in [2.24, 2.45) is 11.3 Å². The van der Waals surface area contributed by atoms with E-state index in [1.807, 2.05) is 53.4 Å². The number of ether oxygens (including phenoxy) is 1. The van der Waals surface area contributed by atoms with Gasteiger partial charge in [0.2, 0.25) is 5.91 Å². The number of hydrogen-bond acceptors (Lipinski definition) is 3. The van der Waals surface area contributed by atoms with E-state index in [1.165, 1.54) is 5.56 Å². The molecular formula is C30H29NO4. The number of aliphatic carboxylic acids is 1. The van der Waals surface area contributed by atoms with Gasteiger partial charge in [-0.15, -0.1) is 0 Å². The molecule has 1 N–H and O–H groups in total. The van der Waals surface area contributed by atoms with Crippen LogP contribution in [0.15, 0.2) is 78.9 Å². The molecule has 178 valence electrons. The number of carbonyl (C=O) groups is 2. The molecule has 1 saturated carbocycles. The third kappa shape index (κ3) is 2.94. The molecule has 5 heteroatoms. The number of rotatable bonds is 5. The van der Waals surface area contributed by atoms with E-state index in [-0.39, 0.29) is 30.7 Å². The lowest BCUT2D eigenvalue weighted by Crippen LogP contribution is -2.60. The van der Waals surface area contributed by atoms with Gasteiger partial charge in [0.1, 0.15) is 5.75 Å². The summed E-state index contributed by atoms with van der Waals surface area (Å²) in [5.74, 6) is -0.439. The maximum atomic E-state index is 13.6. The van der Waals surface area contributed by atoms with Gasteiger partial charge in [-0.3, -0.25) is 9.59 Å². The molecule has 2 bridgehead atoms. The van der Waals surface area contributed by atoms with E-state index in [2.05, 4.69) is 30.3 Å². The molecule has 3 aromatic carbocycles. The van der Waals surface area contributed by atoms with Crippen LogP contribution >= 0.6 is 0 Å². The number of hydrogen-bond donors (Lipinski definition) is 1. The maximum absolute atomic E-state index is 13.6. The lowest BCUT2D eigenvalue weighted by Gasteiger charge is -2.59. The lowest BCUT2D eigenvalue weighted by atomic mass is 9.42. The molecule has 0 aromatic heterocycles. The second kappa shape index (κ2) is 7.98. The van der Waals surface area contributed by atoms with Gasteiger partial charge in [-0.25, -0.2) is 0 Å². The van der Waals surface area contributed by atoms with Gasteiger partial charge in [-0.2, -0.15) is 0 Å². The highest BCUT2D eigenvalue weighted by molar-refractivity contribution is 5.85. The molecule has 3 aromatic rings. The first-order valence-electron chi connectivity index (χ1n) is 12.3. The third-order valence-corrected chi connectivity index (χ3v) is 8.91. The maximum Gasteiger partial charge on any atom is 0.312 e. The summed E-state index contributed by atoms with van der Waals surface area (Å²) in [6.45, 7) is 0.689. The summed E-state index contributed by atoms with van der Waals surface area (Å²) in [6, 6.07) is 26.2. The van der Waals surface area contributed by atoms with E-state index < -0.39 is 16.8 Å². The fraction of sp³-hybridized carbons (Fsp3) is 0.333. The van der Waals surface area contributed by atoms with Crippen molar-refractivity contribution in [3.8, 4) is 5.75 Å². The molecule has 0 unspecified atom stereocenters. The number of carboxylic acids is 1. The smallest absolute Gasteiger partial charge is 0.312 e. The molecule has 1 heterocycles. The van der Waals surface area contributed by atoms with Crippen molar-refractivity contribution in [3.05, 3.63) is 101 Å². The highest BCUT2D eigenvalue weighted by atomic mass is 16.5. The summed E-state index contributed by atoms with van der Waals surface area (Å²) < 4.78 is 5.46. The van der Waals surface area contributed by atoms with Crippen molar-refractivity contribution in [3.63, 3.8) is 0 Å². The van der Waals surface area contributed by atoms with E-state index in [9.17, 15) is 14.7 Å². The zero-order valence-electron chi connectivity index (χ0n) is 19.8. The van der Waals surface area contributed by atoms with Gasteiger partial charge in [0.25, 0.3) is 0 Å². The minimum atomic E-state index is -1.00. The minimum absolute atomic E-state index is 0.0452. The van der Waals surface area contributed by atoms with Crippen molar-refractivity contribution >= 4 is 11.9 Å². The number of carboxylic acid groups (broad SMARTS) is 1. The zero-order valence-corrected chi connectivity index (χ0v) is 19.8. The highest BCUT2D eigenvalue weighted by Gasteiger charge is 2.70. The Labute approximate surface area is 205 Å². The Balaban J connectivity index is 1.46. The Bertz CT molecular complexity index is 1300. The van der Waals surface area contributed by atoms with Gasteiger partial charge >= 0.3 is 5.97 Å². The van der Waals surface area contributed by atoms with Gasteiger partial charge in [0.15, 0.2) is 0 Å². The van der Waals surface area contributed by atoms with Crippen LogP contribution in [0.2, 0.25) is 0 Å². The van der Waals surface area contributed by atoms with Crippen LogP contribution in [0.25, 0.3) is 0 Å². The Kier molecular flexibility index (Phi) is 4.99. The summed E-state index contributed by atoms with van der Waals surface area (Å²) >= 11 is 0. The van der Waals surface area contributed by atoms with E-state index in [1.54, 1.807) is 7.11 Å². The summed E-state index contributed by atoms with van der Waals surface area (Å²) in [7, 11) is 1.60. The van der Waals surface area contributed by atoms with Crippen LogP contribution in [-0.2, 0) is 21.4 Å². The predicted molar refractivity (Wildman–Crippen MR) is 132 cm³/mol. The molecule has 3 aliphatic carbocycles. The van der Waals surface area contributed by atoms with E-state index in [0.717, 1.165) is 29.5 Å². The molecule has 1 aliphatic heterocycles. The van der Waals surface area contributed by atoms with Crippen molar-refractivity contribution in [1.29, 1.82) is 0 Å². The summed E-state index contributed by atoms with van der Waals surface area (Å²) in [4.78, 5) is 28.6. The highest BCUT2D eigenvalue weighted by Crippen LogP contribution is 2.68. The molecule has 5 nitrogen and oxygen atoms in total. The van der Waals surface area contributed by atoms with Crippen LogP contribution in [0.5, 0.6) is 5.75 Å². The Morgan fingerprint density at radius 2 is 1.71 bits per heavy atom. The molecule has 4 aliphatic rings. The monoisotopic (exact) mass is 467 g/mol. The standard InChI is InChI=1S/C30H29NO4/c1-35-25-14-8-5-9-20(25)17-27(32)31-18-26-29(21-10-3-2-4-11-21)16-15-24(30(26,19-31)28(33)34)22-12-6-7-13-23(22)29/h2-14,24,26H,15-19H2,1H3,(H,33,34)/t24-,26+,29+,30+/m0/s1. The van der Waals surface area contributed by atoms with Crippen LogP contribution in [0.3, 0.4) is 0 Å². The van der Waals surface area contributed by atoms with E-state index in [4.69, 9.17) is 4.74 Å². The fourth-order valence-electron chi connectivity index (χ4n) is 7.50. The van der Waals surface area contributed by atoms with Crippen LogP contribution < -0.4 is 4.74 Å². The molecule has 35 heavy (non-hydrogen) atoms. The van der Waals surface area contributed by atoms with Crippen molar-refractivity contribution < 1.29 is 19.4 Å². The second-order valence-electron chi connectivity index (χ2n) is 10.2. The number of likely N-dealkylation sites (tertiary alicyclic amines) is 1. The number of para-hydroxylation sites is 1. The number of fused-ring (bicyclic) bond motifs is 1. The van der Waals surface area contributed by atoms with Crippen LogP contribution in [0.1, 0.15) is 41.0 Å². The third-order valence-electron chi connectivity index (χ3n) is 8.91. The van der Waals surface area contributed by atoms with Crippen LogP contribution in [0, 0.1) is 11.3 Å². The summed E-state index contributed by atoms with van der Waals surface area (Å²) in [5, 5.41) is 10.8. The largest absolute Gasteiger partial charge is 0.496 e. The van der Waals surface area contributed by atoms with Crippen molar-refractivity contribution in [2.75, 3.05) is 20.2 Å². The zero-order chi connectivity index (χ0) is 24.2. The topological polar surface area (TPSA) is 66.8 Å². The first-order valence-corrected chi connectivity index (χ1v) is 12.3. The Morgan fingerprint density at radius 1 is 1.00 bits per heavy atom. The second-order valence-corrected chi connectivity index (χ2v) is 10.2. The SMILES string of the molecule is COc1ccccc1CC(=O)N1C[C@@H]2[C@@]3(c4ccccc4)CC[C@@H](c4ccccc43)[C@]2(C(=O)O)C1. The number of methoxy groups -OCH3 is 1. The Morgan fingerprint density at radius 3 is 2.49 bits per heavy atom. The number of amides is 1. The molecule has 0 radical (unpaired) electrons. The lowest BCUT2D eigenvalue weighted by molar-refractivity contribution is -0.157. The van der Waals surface area contributed by atoms with Gasteiger partial charge in [-0.1, -0.05) is 72.8 Å². The molecular weight excluding hydrogens is 438 g/mol. The van der Waals surface area contributed by atoms with Crippen molar-refractivity contribution in [1.82, 2.24) is 4.90 Å². The van der Waals surface area contributed by atoms with E-state index in [0.29, 0.717) is 12.3 Å². The molecule has 1 saturated heterocycles. The van der Waals surface area contributed by atoms with Crippen molar-refractivity contribution in [2.45, 2.75) is 30.6 Å². The van der Waals surface area contributed by atoms with Gasteiger partial charge in [0.05, 0.1) is 18.9 Å². The number of benzene rings is 3. The normalized spacial score (nSPS) is 28.3. The molecule has 0 spiro atoms. The quantitative estimate of drug-likeness (QED) is 0.594. The number of nitrogens with zero attached hydrogens (tertiary/aromatic N) is 1. The minimum Gasteiger partial charge on any atom is -0.496 e. The molecule has 2 fully saturated rings. The first-order chi connectivity index (χ1) is 17.0. The Hall–Kier alpha value is -3.60. The van der Waals surface area contributed by atoms with Gasteiger partial charge < -0.3 is 14.7 Å². The molecule has 7 rings (SSSR count). The predicted octanol–water partition coefficient (Wildman–Crippen LogP) is 4.64. The van der Waals surface area contributed by atoms with E-state index >= 15 is 0 Å². The van der Waals surface area contributed by atoms with Crippen LogP contribution in [-0.4, -0.2) is 42.1 Å². The number of carbonyl (C=O) groups excluding carboxylic acids is 1. The van der Waals surface area contributed by atoms with Gasteiger partial charge in [-0.05, 0) is 35.6 Å². The summed E-state index contributed by atoms with van der Waals surface area (Å²) in [5.41, 5.74) is 2.93. The average Bonchev–Trinajstić information content (AvgIpc) is 3.34.